The van der Waals surface area contributed by atoms with Crippen LogP contribution < -0.4 is 5.32 Å². The zero-order valence-electron chi connectivity index (χ0n) is 12.0. The van der Waals surface area contributed by atoms with E-state index in [1.54, 1.807) is 0 Å². The summed E-state index contributed by atoms with van der Waals surface area (Å²) >= 11 is 12.4. The van der Waals surface area contributed by atoms with E-state index in [4.69, 9.17) is 23.2 Å². The smallest absolute Gasteiger partial charge is 0.0454 e. The van der Waals surface area contributed by atoms with Gasteiger partial charge in [0.15, 0.2) is 0 Å². The summed E-state index contributed by atoms with van der Waals surface area (Å²) in [7, 11) is 2.03. The average Bonchev–Trinajstić information content (AvgIpc) is 2.42. The fourth-order valence-corrected chi connectivity index (χ4v) is 3.32. The van der Waals surface area contributed by atoms with E-state index in [-0.39, 0.29) is 12.4 Å². The molecule has 2 nitrogen and oxygen atoms in total. The number of nitrogens with one attached hydrogen (secondary N) is 1. The summed E-state index contributed by atoms with van der Waals surface area (Å²) in [6.07, 6.45) is 2.51. The molecule has 5 heteroatoms. The monoisotopic (exact) mass is 336 g/mol. The molecule has 0 radical (unpaired) electrons. The lowest BCUT2D eigenvalue weighted by Crippen LogP contribution is -2.38. The molecule has 1 N–H and O–H groups in total. The molecule has 0 amide bonds. The van der Waals surface area contributed by atoms with Gasteiger partial charge in [-0.05, 0) is 76.1 Å². The highest BCUT2D eigenvalue weighted by Gasteiger charge is 2.24. The lowest BCUT2D eigenvalue weighted by molar-refractivity contribution is 0.141. The van der Waals surface area contributed by atoms with Gasteiger partial charge in [-0.1, -0.05) is 23.2 Å². The normalized spacial score (nSPS) is 18.6. The Morgan fingerprint density at radius 2 is 1.95 bits per heavy atom. The number of likely N-dealkylation sites (tertiary alicyclic amines) is 1. The Hall–Kier alpha value is 0.01000. The van der Waals surface area contributed by atoms with Gasteiger partial charge in [0, 0.05) is 16.1 Å². The molecule has 0 bridgehead atoms. The Balaban J connectivity index is 0.00000200. The van der Waals surface area contributed by atoms with E-state index in [2.05, 4.69) is 17.1 Å². The summed E-state index contributed by atoms with van der Waals surface area (Å²) in [4.78, 5) is 2.50. The van der Waals surface area contributed by atoms with E-state index in [1.165, 1.54) is 12.8 Å². The van der Waals surface area contributed by atoms with Crippen LogP contribution in [0.25, 0.3) is 0 Å². The first-order valence-corrected chi connectivity index (χ1v) is 7.71. The molecule has 1 heterocycles. The van der Waals surface area contributed by atoms with E-state index in [0.717, 1.165) is 41.2 Å². The molecule has 20 heavy (non-hydrogen) atoms. The van der Waals surface area contributed by atoms with Crippen molar-refractivity contribution in [1.82, 2.24) is 10.2 Å². The predicted molar refractivity (Wildman–Crippen MR) is 90.3 cm³/mol. The molecule has 0 spiro atoms. The molecule has 1 atom stereocenters. The van der Waals surface area contributed by atoms with Crippen LogP contribution in [0.5, 0.6) is 0 Å². The van der Waals surface area contributed by atoms with Gasteiger partial charge >= 0.3 is 0 Å². The number of rotatable bonds is 4. The standard InChI is InChI=1S/C15H22Cl2N2.ClH/c1-11(14-9-13(16)3-4-15(14)17)19-7-5-12(6-8-19)10-18-2;/h3-4,9,11-12,18H,5-8,10H2,1-2H3;1H. The van der Waals surface area contributed by atoms with Gasteiger partial charge in [-0.25, -0.2) is 0 Å². The minimum Gasteiger partial charge on any atom is -0.319 e. The molecule has 1 fully saturated rings. The maximum atomic E-state index is 6.29. The molecule has 1 unspecified atom stereocenters. The minimum atomic E-state index is 0. The average molecular weight is 338 g/mol. The van der Waals surface area contributed by atoms with E-state index in [0.29, 0.717) is 6.04 Å². The molecule has 0 saturated carbocycles. The van der Waals surface area contributed by atoms with Gasteiger partial charge in [-0.2, -0.15) is 0 Å². The van der Waals surface area contributed by atoms with Crippen molar-refractivity contribution in [2.45, 2.75) is 25.8 Å². The molecule has 0 aromatic heterocycles. The summed E-state index contributed by atoms with van der Waals surface area (Å²) in [6.45, 7) is 5.61. The van der Waals surface area contributed by atoms with Gasteiger partial charge in [0.2, 0.25) is 0 Å². The highest BCUT2D eigenvalue weighted by molar-refractivity contribution is 6.33. The number of nitrogens with zero attached hydrogens (tertiary/aromatic N) is 1. The summed E-state index contributed by atoms with van der Waals surface area (Å²) in [6, 6.07) is 6.07. The number of halogens is 3. The second-order valence-corrected chi connectivity index (χ2v) is 6.22. The van der Waals surface area contributed by atoms with Crippen molar-refractivity contribution in [2.24, 2.45) is 5.92 Å². The fraction of sp³-hybridized carbons (Fsp3) is 0.600. The maximum absolute atomic E-state index is 6.29. The van der Waals surface area contributed by atoms with Crippen molar-refractivity contribution in [2.75, 3.05) is 26.7 Å². The Bertz CT molecular complexity index is 418. The van der Waals surface area contributed by atoms with Crippen LogP contribution in [0.2, 0.25) is 10.0 Å². The molecule has 0 aliphatic carbocycles. The van der Waals surface area contributed by atoms with Crippen molar-refractivity contribution < 1.29 is 0 Å². The molecular formula is C15H23Cl3N2. The second kappa shape index (κ2) is 8.45. The van der Waals surface area contributed by atoms with E-state index in [9.17, 15) is 0 Å². The Morgan fingerprint density at radius 1 is 1.30 bits per heavy atom. The molecule has 1 aromatic carbocycles. The van der Waals surface area contributed by atoms with Gasteiger partial charge in [0.25, 0.3) is 0 Å². The van der Waals surface area contributed by atoms with Crippen molar-refractivity contribution in [3.8, 4) is 0 Å². The van der Waals surface area contributed by atoms with Crippen LogP contribution in [-0.4, -0.2) is 31.6 Å². The topological polar surface area (TPSA) is 15.3 Å². The summed E-state index contributed by atoms with van der Waals surface area (Å²) in [5.41, 5.74) is 1.14. The lowest BCUT2D eigenvalue weighted by atomic mass is 9.94. The first-order valence-electron chi connectivity index (χ1n) is 6.95. The van der Waals surface area contributed by atoms with Crippen LogP contribution in [0, 0.1) is 5.92 Å². The Morgan fingerprint density at radius 3 is 2.55 bits per heavy atom. The van der Waals surface area contributed by atoms with Crippen molar-refractivity contribution in [3.63, 3.8) is 0 Å². The van der Waals surface area contributed by atoms with Gasteiger partial charge in [-0.3, -0.25) is 4.90 Å². The van der Waals surface area contributed by atoms with Gasteiger partial charge in [-0.15, -0.1) is 12.4 Å². The Labute approximate surface area is 138 Å². The van der Waals surface area contributed by atoms with Crippen LogP contribution in [0.15, 0.2) is 18.2 Å². The number of hydrogen-bond acceptors (Lipinski definition) is 2. The first kappa shape index (κ1) is 18.1. The fourth-order valence-electron chi connectivity index (χ4n) is 2.86. The van der Waals surface area contributed by atoms with Crippen LogP contribution in [0.4, 0.5) is 0 Å². The molecule has 2 rings (SSSR count). The second-order valence-electron chi connectivity index (χ2n) is 5.38. The third-order valence-electron chi connectivity index (χ3n) is 4.10. The number of piperidine rings is 1. The highest BCUT2D eigenvalue weighted by atomic mass is 35.5. The summed E-state index contributed by atoms with van der Waals surface area (Å²) < 4.78 is 0. The van der Waals surface area contributed by atoms with E-state index < -0.39 is 0 Å². The molecular weight excluding hydrogens is 315 g/mol. The van der Waals surface area contributed by atoms with Crippen molar-refractivity contribution >= 4 is 35.6 Å². The molecule has 1 saturated heterocycles. The lowest BCUT2D eigenvalue weighted by Gasteiger charge is -2.36. The Kier molecular flexibility index (Phi) is 7.63. The van der Waals surface area contributed by atoms with Crippen molar-refractivity contribution in [1.29, 1.82) is 0 Å². The third-order valence-corrected chi connectivity index (χ3v) is 4.68. The largest absolute Gasteiger partial charge is 0.319 e. The molecule has 1 aliphatic heterocycles. The first-order chi connectivity index (χ1) is 9.11. The number of benzene rings is 1. The third kappa shape index (κ3) is 4.51. The van der Waals surface area contributed by atoms with E-state index in [1.807, 2.05) is 25.2 Å². The zero-order chi connectivity index (χ0) is 13.8. The van der Waals surface area contributed by atoms with Crippen LogP contribution in [0.3, 0.4) is 0 Å². The predicted octanol–water partition coefficient (Wildman–Crippen LogP) is 4.41. The molecule has 114 valence electrons. The maximum Gasteiger partial charge on any atom is 0.0454 e. The highest BCUT2D eigenvalue weighted by Crippen LogP contribution is 2.32. The van der Waals surface area contributed by atoms with Gasteiger partial charge in [0.05, 0.1) is 0 Å². The summed E-state index contributed by atoms with van der Waals surface area (Å²) in [5, 5.41) is 4.85. The number of hydrogen-bond donors (Lipinski definition) is 1. The SMILES string of the molecule is CNCC1CCN(C(C)c2cc(Cl)ccc2Cl)CC1.Cl. The molecule has 1 aromatic rings. The van der Waals surface area contributed by atoms with Crippen molar-refractivity contribution in [3.05, 3.63) is 33.8 Å². The minimum absolute atomic E-state index is 0. The van der Waals surface area contributed by atoms with Gasteiger partial charge < -0.3 is 5.32 Å². The van der Waals surface area contributed by atoms with E-state index >= 15 is 0 Å². The van der Waals surface area contributed by atoms with Crippen LogP contribution >= 0.6 is 35.6 Å². The quantitative estimate of drug-likeness (QED) is 0.875. The summed E-state index contributed by atoms with van der Waals surface area (Å²) in [5.74, 6) is 0.809. The van der Waals surface area contributed by atoms with Gasteiger partial charge in [0.1, 0.15) is 0 Å². The molecule has 1 aliphatic rings. The zero-order valence-corrected chi connectivity index (χ0v) is 14.4. The van der Waals surface area contributed by atoms with Crippen LogP contribution in [-0.2, 0) is 0 Å². The van der Waals surface area contributed by atoms with Crippen LogP contribution in [0.1, 0.15) is 31.4 Å².